The second-order valence-electron chi connectivity index (χ2n) is 7.17. The van der Waals surface area contributed by atoms with Gasteiger partial charge in [0.25, 0.3) is 5.91 Å². The van der Waals surface area contributed by atoms with Crippen LogP contribution in [0.25, 0.3) is 5.65 Å². The number of carbonyl (C=O) groups is 1. The second-order valence-corrected chi connectivity index (χ2v) is 9.33. The van der Waals surface area contributed by atoms with Crippen LogP contribution in [0, 0.1) is 13.8 Å². The summed E-state index contributed by atoms with van der Waals surface area (Å²) in [6.45, 7) is 7.82. The predicted octanol–water partition coefficient (Wildman–Crippen LogP) is 0.289. The molecular formula is C17H23N5O3S. The Balaban J connectivity index is 1.73. The van der Waals surface area contributed by atoms with Gasteiger partial charge >= 0.3 is 0 Å². The fraction of sp³-hybridized carbons (Fsp3) is 0.588. The summed E-state index contributed by atoms with van der Waals surface area (Å²) in [6.07, 6.45) is 1.54. The average molecular weight is 377 g/mol. The lowest BCUT2D eigenvalue weighted by molar-refractivity contribution is 0.0351. The normalized spacial score (nSPS) is 25.6. The van der Waals surface area contributed by atoms with E-state index in [0.29, 0.717) is 24.3 Å². The number of sulfone groups is 1. The van der Waals surface area contributed by atoms with E-state index in [1.54, 1.807) is 15.6 Å². The topological polar surface area (TPSA) is 87.9 Å². The van der Waals surface area contributed by atoms with Crippen molar-refractivity contribution in [2.24, 2.45) is 0 Å². The monoisotopic (exact) mass is 377 g/mol. The van der Waals surface area contributed by atoms with Crippen LogP contribution >= 0.6 is 0 Å². The molecule has 4 heterocycles. The molecule has 8 nitrogen and oxygen atoms in total. The molecule has 2 atom stereocenters. The number of aryl methyl sites for hydroxylation is 2. The van der Waals surface area contributed by atoms with Crippen LogP contribution in [0.5, 0.6) is 0 Å². The Bertz CT molecular complexity index is 984. The van der Waals surface area contributed by atoms with Gasteiger partial charge in [-0.1, -0.05) is 6.92 Å². The van der Waals surface area contributed by atoms with Crippen molar-refractivity contribution >= 4 is 21.4 Å². The van der Waals surface area contributed by atoms with E-state index in [2.05, 4.69) is 15.0 Å². The molecule has 2 fully saturated rings. The van der Waals surface area contributed by atoms with Gasteiger partial charge in [-0.15, -0.1) is 0 Å². The third-order valence-electron chi connectivity index (χ3n) is 5.47. The lowest BCUT2D eigenvalue weighted by Crippen LogP contribution is -2.60. The maximum absolute atomic E-state index is 13.3. The number of fused-ring (bicyclic) bond motifs is 2. The van der Waals surface area contributed by atoms with Gasteiger partial charge in [-0.05, 0) is 26.5 Å². The Morgan fingerprint density at radius 2 is 1.96 bits per heavy atom. The van der Waals surface area contributed by atoms with Crippen molar-refractivity contribution in [2.45, 2.75) is 32.9 Å². The Morgan fingerprint density at radius 1 is 1.23 bits per heavy atom. The number of likely N-dealkylation sites (N-methyl/N-ethyl adjacent to an activating group) is 1. The Morgan fingerprint density at radius 3 is 2.69 bits per heavy atom. The van der Waals surface area contributed by atoms with Crippen molar-refractivity contribution < 1.29 is 13.2 Å². The van der Waals surface area contributed by atoms with Crippen molar-refractivity contribution in [1.29, 1.82) is 0 Å². The number of hydrogen-bond acceptors (Lipinski definition) is 6. The molecule has 2 aliphatic rings. The summed E-state index contributed by atoms with van der Waals surface area (Å²) >= 11 is 0. The van der Waals surface area contributed by atoms with Crippen molar-refractivity contribution in [3.05, 3.63) is 29.2 Å². The predicted molar refractivity (Wildman–Crippen MR) is 97.0 cm³/mol. The molecule has 2 saturated heterocycles. The third-order valence-corrected chi connectivity index (χ3v) is 7.17. The molecule has 140 valence electrons. The first-order valence-corrected chi connectivity index (χ1v) is 10.7. The maximum Gasteiger partial charge on any atom is 0.259 e. The second kappa shape index (κ2) is 6.02. The highest BCUT2D eigenvalue weighted by Gasteiger charge is 2.48. The SMILES string of the molecule is CCN1CCN(C(=O)c2cnn3c(C)cc(C)nc23)[C@H]2CS(=O)(=O)C[C@H]21. The van der Waals surface area contributed by atoms with E-state index >= 15 is 0 Å². The standard InChI is InChI=1S/C17H23N5O3S/c1-4-20-5-6-21(15-10-26(24,25)9-14(15)20)17(23)13-8-18-22-12(3)7-11(2)19-16(13)22/h7-8,14-15H,4-6,9-10H2,1-3H3/t14-,15+/m1/s1. The Hall–Kier alpha value is -2.00. The molecule has 9 heteroatoms. The van der Waals surface area contributed by atoms with Crippen LogP contribution in [-0.2, 0) is 9.84 Å². The molecule has 0 spiro atoms. The first-order chi connectivity index (χ1) is 12.3. The quantitative estimate of drug-likeness (QED) is 0.748. The molecule has 2 aliphatic heterocycles. The molecule has 0 aliphatic carbocycles. The molecule has 2 aromatic rings. The van der Waals surface area contributed by atoms with Crippen LogP contribution in [0.4, 0.5) is 0 Å². The molecule has 0 saturated carbocycles. The summed E-state index contributed by atoms with van der Waals surface area (Å²) in [5.74, 6) is -0.0224. The maximum atomic E-state index is 13.3. The third kappa shape index (κ3) is 2.69. The lowest BCUT2D eigenvalue weighted by Gasteiger charge is -2.43. The van der Waals surface area contributed by atoms with E-state index in [4.69, 9.17) is 0 Å². The number of carbonyl (C=O) groups excluding carboxylic acids is 1. The molecule has 0 radical (unpaired) electrons. The number of nitrogens with zero attached hydrogens (tertiary/aromatic N) is 5. The van der Waals surface area contributed by atoms with E-state index in [1.807, 2.05) is 26.8 Å². The summed E-state index contributed by atoms with van der Waals surface area (Å²) in [7, 11) is -3.14. The minimum absolute atomic E-state index is 0.0323. The van der Waals surface area contributed by atoms with Crippen LogP contribution in [0.2, 0.25) is 0 Å². The van der Waals surface area contributed by atoms with E-state index in [1.165, 1.54) is 0 Å². The summed E-state index contributed by atoms with van der Waals surface area (Å²) in [4.78, 5) is 21.6. The van der Waals surface area contributed by atoms with Gasteiger partial charge in [-0.3, -0.25) is 9.69 Å². The molecule has 0 unspecified atom stereocenters. The van der Waals surface area contributed by atoms with E-state index in [0.717, 1.165) is 17.9 Å². The zero-order chi connectivity index (χ0) is 18.6. The number of rotatable bonds is 2. The van der Waals surface area contributed by atoms with Gasteiger partial charge in [-0.2, -0.15) is 5.10 Å². The van der Waals surface area contributed by atoms with Crippen molar-refractivity contribution in [3.8, 4) is 0 Å². The van der Waals surface area contributed by atoms with Gasteiger partial charge in [-0.25, -0.2) is 17.9 Å². The largest absolute Gasteiger partial charge is 0.332 e. The first-order valence-electron chi connectivity index (χ1n) is 8.88. The van der Waals surface area contributed by atoms with Gasteiger partial charge < -0.3 is 4.90 Å². The Kier molecular flexibility index (Phi) is 4.03. The van der Waals surface area contributed by atoms with Crippen LogP contribution in [0.3, 0.4) is 0 Å². The minimum atomic E-state index is -3.14. The first kappa shape index (κ1) is 17.4. The van der Waals surface area contributed by atoms with Crippen LogP contribution in [-0.4, -0.2) is 81.9 Å². The average Bonchev–Trinajstić information content (AvgIpc) is 3.12. The summed E-state index contributed by atoms with van der Waals surface area (Å²) in [5, 5.41) is 4.30. The van der Waals surface area contributed by atoms with Gasteiger partial charge in [0.1, 0.15) is 5.56 Å². The highest BCUT2D eigenvalue weighted by Crippen LogP contribution is 2.28. The van der Waals surface area contributed by atoms with E-state index in [-0.39, 0.29) is 29.5 Å². The molecule has 26 heavy (non-hydrogen) atoms. The van der Waals surface area contributed by atoms with Gasteiger partial charge in [0.2, 0.25) is 0 Å². The molecule has 1 amide bonds. The van der Waals surface area contributed by atoms with Gasteiger partial charge in [0.05, 0.1) is 23.7 Å². The summed E-state index contributed by atoms with van der Waals surface area (Å²) in [5.41, 5.74) is 2.69. The molecule has 2 aromatic heterocycles. The molecule has 0 aromatic carbocycles. The molecule has 0 N–H and O–H groups in total. The highest BCUT2D eigenvalue weighted by atomic mass is 32.2. The van der Waals surface area contributed by atoms with Crippen molar-refractivity contribution in [3.63, 3.8) is 0 Å². The lowest BCUT2D eigenvalue weighted by atomic mass is 10.0. The number of aromatic nitrogens is 3. The van der Waals surface area contributed by atoms with Crippen molar-refractivity contribution in [2.75, 3.05) is 31.1 Å². The zero-order valence-electron chi connectivity index (χ0n) is 15.2. The number of amides is 1. The van der Waals surface area contributed by atoms with Gasteiger partial charge in [0.15, 0.2) is 15.5 Å². The molecular weight excluding hydrogens is 354 g/mol. The van der Waals surface area contributed by atoms with Crippen LogP contribution < -0.4 is 0 Å². The van der Waals surface area contributed by atoms with Crippen molar-refractivity contribution in [1.82, 2.24) is 24.4 Å². The van der Waals surface area contributed by atoms with Gasteiger partial charge in [0, 0.05) is 30.5 Å². The number of hydrogen-bond donors (Lipinski definition) is 0. The fourth-order valence-corrected chi connectivity index (χ4v) is 6.26. The van der Waals surface area contributed by atoms with E-state index < -0.39 is 9.84 Å². The molecule has 0 bridgehead atoms. The smallest absolute Gasteiger partial charge is 0.259 e. The molecule has 4 rings (SSSR count). The highest BCUT2D eigenvalue weighted by molar-refractivity contribution is 7.91. The van der Waals surface area contributed by atoms with Crippen LogP contribution in [0.15, 0.2) is 12.3 Å². The minimum Gasteiger partial charge on any atom is -0.332 e. The van der Waals surface area contributed by atoms with E-state index in [9.17, 15) is 13.2 Å². The summed E-state index contributed by atoms with van der Waals surface area (Å²) < 4.78 is 26.1. The summed E-state index contributed by atoms with van der Waals surface area (Å²) in [6, 6.07) is 1.48. The zero-order valence-corrected chi connectivity index (χ0v) is 16.0. The Labute approximate surface area is 152 Å². The number of piperazine rings is 1. The van der Waals surface area contributed by atoms with Crippen LogP contribution in [0.1, 0.15) is 28.7 Å². The fourth-order valence-electron chi connectivity index (χ4n) is 4.25.